The molecule has 7 aromatic rings. The molecule has 8 rings (SSSR count). The summed E-state index contributed by atoms with van der Waals surface area (Å²) < 4.78 is 0. The molecule has 0 N–H and O–H groups in total. The minimum Gasteiger partial charge on any atom is -0.255 e. The molecule has 0 amide bonds. The van der Waals surface area contributed by atoms with Crippen molar-refractivity contribution >= 4 is 0 Å². The van der Waals surface area contributed by atoms with E-state index in [1.54, 1.807) is 0 Å². The molecular formula is C41H30N4. The molecule has 1 aliphatic rings. The summed E-state index contributed by atoms with van der Waals surface area (Å²) in [6.07, 6.45) is 1.85. The van der Waals surface area contributed by atoms with Gasteiger partial charge in [-0.05, 0) is 51.6 Å². The Kier molecular flexibility index (Phi) is 6.42. The normalized spacial score (nSPS) is 12.8. The first-order valence-electron chi connectivity index (χ1n) is 15.2. The van der Waals surface area contributed by atoms with E-state index in [2.05, 4.69) is 92.7 Å². The first kappa shape index (κ1) is 26.9. The molecule has 5 aromatic carbocycles. The van der Waals surface area contributed by atoms with Gasteiger partial charge in [-0.2, -0.15) is 0 Å². The first-order chi connectivity index (χ1) is 22.1. The van der Waals surface area contributed by atoms with Crippen LogP contribution in [0.15, 0.2) is 146 Å². The maximum absolute atomic E-state index is 5.01. The Morgan fingerprint density at radius 3 is 1.71 bits per heavy atom. The van der Waals surface area contributed by atoms with Crippen LogP contribution in [0, 0.1) is 0 Å². The molecule has 0 saturated carbocycles. The van der Waals surface area contributed by atoms with Crippen LogP contribution in [0.25, 0.3) is 67.7 Å². The quantitative estimate of drug-likeness (QED) is 0.204. The maximum atomic E-state index is 5.01. The summed E-state index contributed by atoms with van der Waals surface area (Å²) in [5.41, 5.74) is 12.3. The molecular weight excluding hydrogens is 548 g/mol. The summed E-state index contributed by atoms with van der Waals surface area (Å²) in [4.78, 5) is 19.6. The zero-order valence-corrected chi connectivity index (χ0v) is 25.1. The van der Waals surface area contributed by atoms with Gasteiger partial charge in [-0.1, -0.05) is 135 Å². The highest BCUT2D eigenvalue weighted by Crippen LogP contribution is 2.52. The van der Waals surface area contributed by atoms with Gasteiger partial charge in [0.25, 0.3) is 0 Å². The van der Waals surface area contributed by atoms with Crippen molar-refractivity contribution in [2.45, 2.75) is 19.3 Å². The van der Waals surface area contributed by atoms with Gasteiger partial charge in [-0.15, -0.1) is 0 Å². The molecule has 1 aliphatic carbocycles. The number of rotatable bonds is 5. The van der Waals surface area contributed by atoms with Crippen LogP contribution >= 0.6 is 0 Å². The van der Waals surface area contributed by atoms with E-state index in [0.717, 1.165) is 33.5 Å². The van der Waals surface area contributed by atoms with E-state index < -0.39 is 0 Å². The molecule has 0 fully saturated rings. The Labute approximate surface area is 263 Å². The summed E-state index contributed by atoms with van der Waals surface area (Å²) >= 11 is 0. The molecule has 0 unspecified atom stereocenters. The van der Waals surface area contributed by atoms with E-state index in [0.29, 0.717) is 17.5 Å². The van der Waals surface area contributed by atoms with Crippen molar-refractivity contribution in [3.63, 3.8) is 0 Å². The highest BCUT2D eigenvalue weighted by Gasteiger charge is 2.36. The SMILES string of the molecule is CC1(C)c2ccccc2-c2c(-c3cccc(-c4nc(-c5ccccc5)nc(-c5ccc(-c6ccccc6)nc5)n4)c3)cccc21. The predicted molar refractivity (Wildman–Crippen MR) is 182 cm³/mol. The van der Waals surface area contributed by atoms with Gasteiger partial charge in [0.05, 0.1) is 5.69 Å². The fraction of sp³-hybridized carbons (Fsp3) is 0.0732. The summed E-state index contributed by atoms with van der Waals surface area (Å²) in [6.45, 7) is 4.63. The smallest absolute Gasteiger partial charge is 0.165 e. The van der Waals surface area contributed by atoms with Gasteiger partial charge in [0.2, 0.25) is 0 Å². The van der Waals surface area contributed by atoms with E-state index in [9.17, 15) is 0 Å². The monoisotopic (exact) mass is 578 g/mol. The molecule has 2 heterocycles. The third-order valence-corrected chi connectivity index (χ3v) is 8.80. The average molecular weight is 579 g/mol. The van der Waals surface area contributed by atoms with Crippen LogP contribution in [-0.4, -0.2) is 19.9 Å². The predicted octanol–water partition coefficient (Wildman–Crippen LogP) is 9.91. The van der Waals surface area contributed by atoms with Gasteiger partial charge in [0.1, 0.15) is 0 Å². The van der Waals surface area contributed by atoms with Crippen molar-refractivity contribution in [1.82, 2.24) is 19.9 Å². The van der Waals surface area contributed by atoms with Gasteiger partial charge in [-0.25, -0.2) is 15.0 Å². The van der Waals surface area contributed by atoms with Crippen LogP contribution in [-0.2, 0) is 5.41 Å². The van der Waals surface area contributed by atoms with Crippen molar-refractivity contribution in [3.8, 4) is 67.7 Å². The Bertz CT molecular complexity index is 2170. The van der Waals surface area contributed by atoms with Crippen molar-refractivity contribution in [2.75, 3.05) is 0 Å². The summed E-state index contributed by atoms with van der Waals surface area (Å²) in [5.74, 6) is 1.85. The maximum Gasteiger partial charge on any atom is 0.165 e. The Balaban J connectivity index is 1.25. The Morgan fingerprint density at radius 1 is 0.422 bits per heavy atom. The number of hydrogen-bond donors (Lipinski definition) is 0. The summed E-state index contributed by atoms with van der Waals surface area (Å²) in [7, 11) is 0. The fourth-order valence-corrected chi connectivity index (χ4v) is 6.48. The van der Waals surface area contributed by atoms with Crippen molar-refractivity contribution in [2.24, 2.45) is 0 Å². The van der Waals surface area contributed by atoms with E-state index in [-0.39, 0.29) is 5.41 Å². The molecule has 4 heteroatoms. The topological polar surface area (TPSA) is 51.6 Å². The van der Waals surface area contributed by atoms with E-state index in [4.69, 9.17) is 19.9 Å². The number of aromatic nitrogens is 4. The van der Waals surface area contributed by atoms with Crippen molar-refractivity contribution in [3.05, 3.63) is 157 Å². The average Bonchev–Trinajstić information content (AvgIpc) is 3.35. The van der Waals surface area contributed by atoms with E-state index >= 15 is 0 Å². The molecule has 4 nitrogen and oxygen atoms in total. The third-order valence-electron chi connectivity index (χ3n) is 8.80. The zero-order chi connectivity index (χ0) is 30.4. The number of hydrogen-bond acceptors (Lipinski definition) is 4. The van der Waals surface area contributed by atoms with Gasteiger partial charge < -0.3 is 0 Å². The molecule has 0 bridgehead atoms. The van der Waals surface area contributed by atoms with Crippen LogP contribution in [0.2, 0.25) is 0 Å². The number of pyridine rings is 1. The van der Waals surface area contributed by atoms with Crippen LogP contribution in [0.5, 0.6) is 0 Å². The van der Waals surface area contributed by atoms with E-state index in [1.165, 1.54) is 27.8 Å². The lowest BCUT2D eigenvalue weighted by Crippen LogP contribution is -2.14. The minimum atomic E-state index is -0.0582. The van der Waals surface area contributed by atoms with Gasteiger partial charge in [0.15, 0.2) is 17.5 Å². The lowest BCUT2D eigenvalue weighted by atomic mass is 9.82. The van der Waals surface area contributed by atoms with Gasteiger partial charge >= 0.3 is 0 Å². The van der Waals surface area contributed by atoms with Crippen molar-refractivity contribution in [1.29, 1.82) is 0 Å². The van der Waals surface area contributed by atoms with Crippen LogP contribution in [0.4, 0.5) is 0 Å². The first-order valence-corrected chi connectivity index (χ1v) is 15.2. The second-order valence-corrected chi connectivity index (χ2v) is 11.9. The molecule has 214 valence electrons. The minimum absolute atomic E-state index is 0.0582. The van der Waals surface area contributed by atoms with Crippen LogP contribution in [0.1, 0.15) is 25.0 Å². The number of nitrogens with zero attached hydrogens (tertiary/aromatic N) is 4. The molecule has 0 aliphatic heterocycles. The lowest BCUT2D eigenvalue weighted by molar-refractivity contribution is 0.660. The van der Waals surface area contributed by atoms with Crippen LogP contribution in [0.3, 0.4) is 0 Å². The van der Waals surface area contributed by atoms with Crippen LogP contribution < -0.4 is 0 Å². The summed E-state index contributed by atoms with van der Waals surface area (Å²) in [5, 5.41) is 0. The molecule has 45 heavy (non-hydrogen) atoms. The number of fused-ring (bicyclic) bond motifs is 3. The summed E-state index contributed by atoms with van der Waals surface area (Å²) in [6, 6.07) is 48.3. The van der Waals surface area contributed by atoms with Gasteiger partial charge in [0, 0.05) is 33.9 Å². The molecule has 0 radical (unpaired) electrons. The largest absolute Gasteiger partial charge is 0.255 e. The fourth-order valence-electron chi connectivity index (χ4n) is 6.48. The van der Waals surface area contributed by atoms with Gasteiger partial charge in [-0.3, -0.25) is 4.98 Å². The molecule has 0 saturated heterocycles. The second-order valence-electron chi connectivity index (χ2n) is 11.9. The molecule has 0 atom stereocenters. The van der Waals surface area contributed by atoms with Crippen molar-refractivity contribution < 1.29 is 0 Å². The van der Waals surface area contributed by atoms with E-state index in [1.807, 2.05) is 66.9 Å². The second kappa shape index (κ2) is 10.8. The Hall–Kier alpha value is -5.74. The zero-order valence-electron chi connectivity index (χ0n) is 25.1. The number of benzene rings is 5. The standard InChI is InChI=1S/C41H30N4/c1-41(2)34-21-10-9-19-33(34)37-32(20-12-22-35(37)41)29-17-11-18-30(25-29)39-43-38(28-15-7-4-8-16-28)44-40(45-39)31-23-24-36(42-26-31)27-13-5-3-6-14-27/h3-26H,1-2H3. The molecule has 0 spiro atoms. The third kappa shape index (κ3) is 4.72. The molecule has 2 aromatic heterocycles. The highest BCUT2D eigenvalue weighted by molar-refractivity contribution is 5.93. The Morgan fingerprint density at radius 2 is 0.978 bits per heavy atom. The lowest BCUT2D eigenvalue weighted by Gasteiger charge is -2.21. The highest BCUT2D eigenvalue weighted by atomic mass is 15.0.